The smallest absolute Gasteiger partial charge is 0.262 e. The number of nitrogens with one attached hydrogen (secondary N) is 1. The van der Waals surface area contributed by atoms with Crippen molar-refractivity contribution >= 4 is 21.4 Å². The van der Waals surface area contributed by atoms with E-state index in [2.05, 4.69) is 4.72 Å². The molecule has 0 spiro atoms. The maximum Gasteiger partial charge on any atom is 0.262 e. The molecule has 0 amide bonds. The van der Waals surface area contributed by atoms with Gasteiger partial charge in [-0.2, -0.15) is 0 Å². The number of anilines is 2. The van der Waals surface area contributed by atoms with Gasteiger partial charge in [-0.3, -0.25) is 4.72 Å². The third kappa shape index (κ3) is 3.33. The van der Waals surface area contributed by atoms with Gasteiger partial charge in [-0.1, -0.05) is 19.1 Å². The number of benzene rings is 2. The molecule has 0 radical (unpaired) electrons. The largest absolute Gasteiger partial charge is 0.399 e. The van der Waals surface area contributed by atoms with E-state index in [4.69, 9.17) is 5.73 Å². The molecule has 0 saturated carbocycles. The highest BCUT2D eigenvalue weighted by Gasteiger charge is 2.20. The van der Waals surface area contributed by atoms with Crippen LogP contribution in [0, 0.1) is 12.7 Å². The summed E-state index contributed by atoms with van der Waals surface area (Å²) in [6, 6.07) is 9.42. The Bertz CT molecular complexity index is 773. The fraction of sp³-hybridized carbons (Fsp3) is 0.200. The molecule has 4 nitrogen and oxygen atoms in total. The highest BCUT2D eigenvalue weighted by Crippen LogP contribution is 2.24. The molecule has 6 heteroatoms. The predicted octanol–water partition coefficient (Wildman–Crippen LogP) is 3.08. The van der Waals surface area contributed by atoms with Crippen molar-refractivity contribution in [2.75, 3.05) is 10.5 Å². The summed E-state index contributed by atoms with van der Waals surface area (Å²) in [5.74, 6) is -0.641. The van der Waals surface area contributed by atoms with Crippen LogP contribution in [0.15, 0.2) is 41.3 Å². The standard InChI is InChI=1S/C15H17FN2O2S/c1-3-11-5-4-6-13(7-11)18-21(19,20)15-9-12(17)8-14(16)10(15)2/h4-9,18H,3,17H2,1-2H3. The zero-order chi connectivity index (χ0) is 15.6. The van der Waals surface area contributed by atoms with Crippen LogP contribution in [0.4, 0.5) is 15.8 Å². The number of nitrogens with two attached hydrogens (primary N) is 1. The molecule has 112 valence electrons. The summed E-state index contributed by atoms with van der Waals surface area (Å²) in [7, 11) is -3.88. The van der Waals surface area contributed by atoms with Crippen LogP contribution in [0.3, 0.4) is 0 Å². The molecule has 2 aromatic carbocycles. The van der Waals surface area contributed by atoms with Crippen molar-refractivity contribution in [1.82, 2.24) is 0 Å². The highest BCUT2D eigenvalue weighted by atomic mass is 32.2. The van der Waals surface area contributed by atoms with Gasteiger partial charge in [0.15, 0.2) is 0 Å². The summed E-state index contributed by atoms with van der Waals surface area (Å²) in [6.07, 6.45) is 0.793. The van der Waals surface area contributed by atoms with Crippen molar-refractivity contribution in [3.05, 3.63) is 53.3 Å². The van der Waals surface area contributed by atoms with Gasteiger partial charge in [0.25, 0.3) is 10.0 Å². The third-order valence-electron chi connectivity index (χ3n) is 3.20. The molecule has 0 aliphatic heterocycles. The lowest BCUT2D eigenvalue weighted by atomic mass is 10.1. The lowest BCUT2D eigenvalue weighted by molar-refractivity contribution is 0.591. The minimum Gasteiger partial charge on any atom is -0.399 e. The van der Waals surface area contributed by atoms with Crippen molar-refractivity contribution in [2.24, 2.45) is 0 Å². The van der Waals surface area contributed by atoms with Gasteiger partial charge < -0.3 is 5.73 Å². The predicted molar refractivity (Wildman–Crippen MR) is 82.2 cm³/mol. The van der Waals surface area contributed by atoms with E-state index in [1.54, 1.807) is 18.2 Å². The van der Waals surface area contributed by atoms with E-state index in [0.717, 1.165) is 18.1 Å². The quantitative estimate of drug-likeness (QED) is 0.853. The van der Waals surface area contributed by atoms with Crippen LogP contribution in [-0.4, -0.2) is 8.42 Å². The van der Waals surface area contributed by atoms with E-state index in [1.807, 2.05) is 13.0 Å². The Morgan fingerprint density at radius 2 is 1.95 bits per heavy atom. The molecule has 0 atom stereocenters. The maximum absolute atomic E-state index is 13.7. The zero-order valence-corrected chi connectivity index (χ0v) is 12.7. The monoisotopic (exact) mass is 308 g/mol. The topological polar surface area (TPSA) is 72.2 Å². The van der Waals surface area contributed by atoms with Crippen LogP contribution < -0.4 is 10.5 Å². The molecule has 2 rings (SSSR count). The van der Waals surface area contributed by atoms with Crippen molar-refractivity contribution in [2.45, 2.75) is 25.2 Å². The van der Waals surface area contributed by atoms with E-state index in [1.165, 1.54) is 13.0 Å². The Balaban J connectivity index is 2.43. The molecule has 21 heavy (non-hydrogen) atoms. The van der Waals surface area contributed by atoms with Crippen LogP contribution in [0.25, 0.3) is 0 Å². The van der Waals surface area contributed by atoms with Crippen LogP contribution in [-0.2, 0) is 16.4 Å². The molecule has 0 bridgehead atoms. The van der Waals surface area contributed by atoms with Crippen molar-refractivity contribution in [3.63, 3.8) is 0 Å². The minimum absolute atomic E-state index is 0.0448. The fourth-order valence-electron chi connectivity index (χ4n) is 2.02. The Labute approximate surface area is 123 Å². The van der Waals surface area contributed by atoms with Crippen LogP contribution in [0.5, 0.6) is 0 Å². The van der Waals surface area contributed by atoms with E-state index in [9.17, 15) is 12.8 Å². The first-order valence-corrected chi connectivity index (χ1v) is 7.99. The van der Waals surface area contributed by atoms with Gasteiger partial charge in [0.1, 0.15) is 5.82 Å². The number of aryl methyl sites for hydroxylation is 1. The molecule has 0 heterocycles. The number of hydrogen-bond donors (Lipinski definition) is 2. The first-order valence-electron chi connectivity index (χ1n) is 6.51. The number of hydrogen-bond acceptors (Lipinski definition) is 3. The van der Waals surface area contributed by atoms with Gasteiger partial charge >= 0.3 is 0 Å². The SMILES string of the molecule is CCc1cccc(NS(=O)(=O)c2cc(N)cc(F)c2C)c1. The van der Waals surface area contributed by atoms with Crippen LogP contribution >= 0.6 is 0 Å². The summed E-state index contributed by atoms with van der Waals surface area (Å²) in [5.41, 5.74) is 7.09. The molecule has 0 aromatic heterocycles. The average molecular weight is 308 g/mol. The molecule has 0 fully saturated rings. The molecular formula is C15H17FN2O2S. The molecule has 3 N–H and O–H groups in total. The second kappa shape index (κ2) is 5.73. The lowest BCUT2D eigenvalue weighted by Gasteiger charge is -2.12. The van der Waals surface area contributed by atoms with Gasteiger partial charge in [0, 0.05) is 16.9 Å². The average Bonchev–Trinajstić information content (AvgIpc) is 2.42. The van der Waals surface area contributed by atoms with Gasteiger partial charge in [0.05, 0.1) is 4.90 Å². The maximum atomic E-state index is 13.7. The van der Waals surface area contributed by atoms with Crippen molar-refractivity contribution in [3.8, 4) is 0 Å². The van der Waals surface area contributed by atoms with Gasteiger partial charge in [-0.05, 0) is 43.2 Å². The van der Waals surface area contributed by atoms with Crippen LogP contribution in [0.2, 0.25) is 0 Å². The molecule has 0 unspecified atom stereocenters. The van der Waals surface area contributed by atoms with Crippen LogP contribution in [0.1, 0.15) is 18.1 Å². The normalized spacial score (nSPS) is 11.4. The van der Waals surface area contributed by atoms with Crippen molar-refractivity contribution in [1.29, 1.82) is 0 Å². The summed E-state index contributed by atoms with van der Waals surface area (Å²) in [4.78, 5) is -0.151. The lowest BCUT2D eigenvalue weighted by Crippen LogP contribution is -2.15. The van der Waals surface area contributed by atoms with E-state index >= 15 is 0 Å². The number of nitrogen functional groups attached to an aromatic ring is 1. The molecular weight excluding hydrogens is 291 g/mol. The summed E-state index contributed by atoms with van der Waals surface area (Å²) in [6.45, 7) is 3.39. The summed E-state index contributed by atoms with van der Waals surface area (Å²) < 4.78 is 40.9. The molecule has 0 saturated heterocycles. The molecule has 0 aliphatic carbocycles. The van der Waals surface area contributed by atoms with Gasteiger partial charge in [0.2, 0.25) is 0 Å². The third-order valence-corrected chi connectivity index (χ3v) is 4.70. The Morgan fingerprint density at radius 1 is 1.24 bits per heavy atom. The molecule has 0 aliphatic rings. The van der Waals surface area contributed by atoms with E-state index in [-0.39, 0.29) is 16.1 Å². The zero-order valence-electron chi connectivity index (χ0n) is 11.9. The first kappa shape index (κ1) is 15.3. The summed E-state index contributed by atoms with van der Waals surface area (Å²) >= 11 is 0. The number of sulfonamides is 1. The first-order chi connectivity index (χ1) is 9.83. The van der Waals surface area contributed by atoms with Gasteiger partial charge in [-0.25, -0.2) is 12.8 Å². The number of halogens is 1. The number of rotatable bonds is 4. The second-order valence-corrected chi connectivity index (χ2v) is 6.44. The molecule has 2 aromatic rings. The minimum atomic E-state index is -3.88. The summed E-state index contributed by atoms with van der Waals surface area (Å²) in [5, 5.41) is 0. The van der Waals surface area contributed by atoms with Gasteiger partial charge in [-0.15, -0.1) is 0 Å². The Hall–Kier alpha value is -2.08. The van der Waals surface area contributed by atoms with Crippen molar-refractivity contribution < 1.29 is 12.8 Å². The highest BCUT2D eigenvalue weighted by molar-refractivity contribution is 7.92. The Kier molecular flexibility index (Phi) is 4.18. The second-order valence-electron chi connectivity index (χ2n) is 4.79. The van der Waals surface area contributed by atoms with E-state index in [0.29, 0.717) is 5.69 Å². The Morgan fingerprint density at radius 3 is 2.62 bits per heavy atom. The fourth-order valence-corrected chi connectivity index (χ4v) is 3.36. The van der Waals surface area contributed by atoms with E-state index < -0.39 is 15.8 Å².